The number of hydroxylamine groups is 2. The molecule has 0 aromatic heterocycles. The first kappa shape index (κ1) is 23.1. The molecule has 1 atom stereocenters. The molecule has 8 nitrogen and oxygen atoms in total. The molecule has 3 aromatic carbocycles. The molecule has 1 aliphatic rings. The van der Waals surface area contributed by atoms with Crippen molar-refractivity contribution in [3.05, 3.63) is 90.5 Å². The lowest BCUT2D eigenvalue weighted by atomic mass is 9.99. The number of urea groups is 2. The number of nitrogens with zero attached hydrogens (tertiary/aromatic N) is 3. The Morgan fingerprint density at radius 3 is 2.24 bits per heavy atom. The summed E-state index contributed by atoms with van der Waals surface area (Å²) in [4.78, 5) is 29.9. The molecule has 1 saturated heterocycles. The Balaban J connectivity index is 1.71. The van der Waals surface area contributed by atoms with Crippen molar-refractivity contribution in [3.63, 3.8) is 0 Å². The van der Waals surface area contributed by atoms with Gasteiger partial charge in [0.2, 0.25) is 0 Å². The van der Waals surface area contributed by atoms with Crippen molar-refractivity contribution < 1.29 is 19.5 Å². The maximum Gasteiger partial charge on any atom is 0.347 e. The summed E-state index contributed by atoms with van der Waals surface area (Å²) in [5, 5.41) is 14.4. The third kappa shape index (κ3) is 4.27. The zero-order valence-electron chi connectivity index (χ0n) is 19.4. The van der Waals surface area contributed by atoms with Crippen molar-refractivity contribution >= 4 is 23.4 Å². The zero-order valence-corrected chi connectivity index (χ0v) is 19.4. The van der Waals surface area contributed by atoms with Gasteiger partial charge in [0.15, 0.2) is 6.17 Å². The normalized spacial score (nSPS) is 16.9. The van der Waals surface area contributed by atoms with E-state index in [-0.39, 0.29) is 12.6 Å². The lowest BCUT2D eigenvalue weighted by molar-refractivity contribution is -0.0955. The molecule has 176 valence electrons. The number of ether oxygens (including phenoxy) is 1. The number of amides is 4. The van der Waals surface area contributed by atoms with Crippen molar-refractivity contribution in [2.75, 3.05) is 17.3 Å². The zero-order chi connectivity index (χ0) is 24.3. The maximum absolute atomic E-state index is 13.8. The molecule has 1 unspecified atom stereocenters. The molecule has 8 heteroatoms. The smallest absolute Gasteiger partial charge is 0.347 e. The molecule has 4 rings (SSSR count). The van der Waals surface area contributed by atoms with Crippen molar-refractivity contribution in [3.8, 4) is 5.75 Å². The van der Waals surface area contributed by atoms with Crippen LogP contribution in [0.1, 0.15) is 19.4 Å². The van der Waals surface area contributed by atoms with Crippen LogP contribution in [0.5, 0.6) is 5.75 Å². The molecule has 2 N–H and O–H groups in total. The predicted octanol–water partition coefficient (Wildman–Crippen LogP) is 5.17. The van der Waals surface area contributed by atoms with Gasteiger partial charge in [-0.15, -0.1) is 0 Å². The third-order valence-corrected chi connectivity index (χ3v) is 6.03. The minimum absolute atomic E-state index is 0.240. The molecule has 0 aliphatic carbocycles. The summed E-state index contributed by atoms with van der Waals surface area (Å²) in [5.41, 5.74) is 0.958. The van der Waals surface area contributed by atoms with Crippen LogP contribution >= 0.6 is 0 Å². The number of hydrogen-bond donors (Lipinski definition) is 2. The second-order valence-electron chi connectivity index (χ2n) is 8.55. The fourth-order valence-electron chi connectivity index (χ4n) is 4.27. The number of carbonyl (C=O) groups excluding carboxylic acids is 2. The topological polar surface area (TPSA) is 85.3 Å². The molecular weight excluding hydrogens is 432 g/mol. The number of methoxy groups -OCH3 is 1. The van der Waals surface area contributed by atoms with Crippen LogP contribution in [0.15, 0.2) is 84.9 Å². The van der Waals surface area contributed by atoms with Crippen LogP contribution in [-0.4, -0.2) is 46.0 Å². The number of anilines is 2. The fraction of sp³-hybridized carbons (Fsp3) is 0.231. The van der Waals surface area contributed by atoms with Crippen LogP contribution < -0.4 is 15.0 Å². The first-order valence-electron chi connectivity index (χ1n) is 11.0. The van der Waals surface area contributed by atoms with Gasteiger partial charge < -0.3 is 15.0 Å². The molecule has 0 radical (unpaired) electrons. The maximum atomic E-state index is 13.8. The van der Waals surface area contributed by atoms with Crippen molar-refractivity contribution in [1.29, 1.82) is 0 Å². The third-order valence-electron chi connectivity index (χ3n) is 6.03. The van der Waals surface area contributed by atoms with E-state index in [4.69, 9.17) is 4.74 Å². The summed E-state index contributed by atoms with van der Waals surface area (Å²) in [6, 6.07) is 24.2. The summed E-state index contributed by atoms with van der Waals surface area (Å²) >= 11 is 0. The number of rotatable bonds is 6. The van der Waals surface area contributed by atoms with E-state index >= 15 is 0 Å². The highest BCUT2D eigenvalue weighted by molar-refractivity contribution is 5.98. The van der Waals surface area contributed by atoms with Crippen molar-refractivity contribution in [2.24, 2.45) is 0 Å². The highest BCUT2D eigenvalue weighted by Gasteiger charge is 2.56. The summed E-state index contributed by atoms with van der Waals surface area (Å²) in [7, 11) is 1.58. The van der Waals surface area contributed by atoms with Gasteiger partial charge in [-0.25, -0.2) is 9.59 Å². The van der Waals surface area contributed by atoms with E-state index in [0.717, 1.165) is 5.56 Å². The fourth-order valence-corrected chi connectivity index (χ4v) is 4.27. The van der Waals surface area contributed by atoms with Crippen LogP contribution in [0, 0.1) is 0 Å². The van der Waals surface area contributed by atoms with Gasteiger partial charge in [0.1, 0.15) is 5.75 Å². The summed E-state index contributed by atoms with van der Waals surface area (Å²) in [6.45, 7) is 3.89. The number of para-hydroxylation sites is 3. The van der Waals surface area contributed by atoms with Crippen LogP contribution in [0.4, 0.5) is 21.0 Å². The largest absolute Gasteiger partial charge is 0.496 e. The summed E-state index contributed by atoms with van der Waals surface area (Å²) in [6.07, 6.45) is -0.999. The van der Waals surface area contributed by atoms with E-state index in [9.17, 15) is 14.8 Å². The van der Waals surface area contributed by atoms with Gasteiger partial charge >= 0.3 is 12.1 Å². The second-order valence-corrected chi connectivity index (χ2v) is 8.55. The standard InChI is InChI=1S/C26H28N4O4/c1-26(2)23(30(33)24(31)27-20-13-6-4-7-14-20)29(21-15-8-5-9-16-21)25(32)28(26)18-19-12-10-11-17-22(19)34-3/h4-17,23,33H,18H2,1-3H3,(H,27,31). The van der Waals surface area contributed by atoms with Crippen LogP contribution in [0.2, 0.25) is 0 Å². The van der Waals surface area contributed by atoms with Gasteiger partial charge in [-0.3, -0.25) is 10.1 Å². The molecule has 0 bridgehead atoms. The highest BCUT2D eigenvalue weighted by Crippen LogP contribution is 2.39. The van der Waals surface area contributed by atoms with E-state index in [1.807, 2.05) is 50.2 Å². The van der Waals surface area contributed by atoms with Gasteiger partial charge in [-0.2, -0.15) is 5.06 Å². The predicted molar refractivity (Wildman–Crippen MR) is 130 cm³/mol. The number of nitrogens with one attached hydrogen (secondary N) is 1. The molecule has 34 heavy (non-hydrogen) atoms. The van der Waals surface area contributed by atoms with E-state index in [2.05, 4.69) is 5.32 Å². The molecular formula is C26H28N4O4. The average molecular weight is 461 g/mol. The molecule has 0 saturated carbocycles. The molecule has 3 aromatic rings. The van der Waals surface area contributed by atoms with Crippen LogP contribution in [0.25, 0.3) is 0 Å². The molecule has 4 amide bonds. The van der Waals surface area contributed by atoms with Crippen molar-refractivity contribution in [1.82, 2.24) is 9.96 Å². The molecule has 1 heterocycles. The minimum atomic E-state index is -0.999. The minimum Gasteiger partial charge on any atom is -0.496 e. The second kappa shape index (κ2) is 9.44. The Kier molecular flexibility index (Phi) is 6.43. The lowest BCUT2D eigenvalue weighted by Gasteiger charge is -2.38. The Labute approximate surface area is 198 Å². The monoisotopic (exact) mass is 460 g/mol. The number of hydrogen-bond acceptors (Lipinski definition) is 4. The Morgan fingerprint density at radius 1 is 1.00 bits per heavy atom. The first-order chi connectivity index (χ1) is 16.3. The Hall–Kier alpha value is -4.04. The van der Waals surface area contributed by atoms with E-state index in [0.29, 0.717) is 22.2 Å². The molecule has 1 fully saturated rings. The SMILES string of the molecule is COc1ccccc1CN1C(=O)N(c2ccccc2)C(N(O)C(=O)Nc2ccccc2)C1(C)C. The lowest BCUT2D eigenvalue weighted by Crippen LogP contribution is -2.58. The Bertz CT molecular complexity index is 1150. The average Bonchev–Trinajstić information content (AvgIpc) is 3.05. The van der Waals surface area contributed by atoms with E-state index in [1.165, 1.54) is 4.90 Å². The number of benzene rings is 3. The van der Waals surface area contributed by atoms with E-state index < -0.39 is 17.7 Å². The quantitative estimate of drug-likeness (QED) is 0.393. The van der Waals surface area contributed by atoms with Crippen LogP contribution in [-0.2, 0) is 6.54 Å². The van der Waals surface area contributed by atoms with Crippen LogP contribution in [0.3, 0.4) is 0 Å². The van der Waals surface area contributed by atoms with Gasteiger partial charge in [-0.1, -0.05) is 54.6 Å². The van der Waals surface area contributed by atoms with Gasteiger partial charge in [0.05, 0.1) is 19.2 Å². The van der Waals surface area contributed by atoms with E-state index in [1.54, 1.807) is 60.5 Å². The number of carbonyl (C=O) groups is 2. The highest BCUT2D eigenvalue weighted by atomic mass is 16.5. The van der Waals surface area contributed by atoms with Gasteiger partial charge in [0, 0.05) is 16.9 Å². The summed E-state index contributed by atoms with van der Waals surface area (Å²) < 4.78 is 5.47. The van der Waals surface area contributed by atoms with Gasteiger partial charge in [0.25, 0.3) is 0 Å². The summed E-state index contributed by atoms with van der Waals surface area (Å²) in [5.74, 6) is 0.656. The Morgan fingerprint density at radius 2 is 1.59 bits per heavy atom. The molecule has 0 spiro atoms. The molecule has 1 aliphatic heterocycles. The van der Waals surface area contributed by atoms with Gasteiger partial charge in [-0.05, 0) is 44.2 Å². The van der Waals surface area contributed by atoms with Crippen molar-refractivity contribution in [2.45, 2.75) is 32.1 Å². The first-order valence-corrected chi connectivity index (χ1v) is 11.0.